The zero-order chi connectivity index (χ0) is 21.9. The van der Waals surface area contributed by atoms with E-state index < -0.39 is 22.6 Å². The minimum atomic E-state index is -4.51. The summed E-state index contributed by atoms with van der Waals surface area (Å²) in [5, 5.41) is 17.4. The highest BCUT2D eigenvalue weighted by molar-refractivity contribution is 6.01. The predicted molar refractivity (Wildman–Crippen MR) is 102 cm³/mol. The van der Waals surface area contributed by atoms with Crippen LogP contribution in [0.5, 0.6) is 0 Å². The van der Waals surface area contributed by atoms with Crippen molar-refractivity contribution in [3.63, 3.8) is 0 Å². The highest BCUT2D eigenvalue weighted by atomic mass is 19.4. The normalized spacial score (nSPS) is 11.6. The van der Waals surface area contributed by atoms with Gasteiger partial charge in [-0.25, -0.2) is 4.98 Å². The van der Waals surface area contributed by atoms with Crippen LogP contribution >= 0.6 is 0 Å². The fourth-order valence-electron chi connectivity index (χ4n) is 2.49. The summed E-state index contributed by atoms with van der Waals surface area (Å²) in [6, 6.07) is 9.16. The summed E-state index contributed by atoms with van der Waals surface area (Å²) in [4.78, 5) is 26.1. The number of pyridine rings is 1. The Morgan fingerprint density at radius 2 is 1.90 bits per heavy atom. The first-order valence-electron chi connectivity index (χ1n) is 8.47. The van der Waals surface area contributed by atoms with Gasteiger partial charge in [-0.15, -0.1) is 0 Å². The summed E-state index contributed by atoms with van der Waals surface area (Å²) in [7, 11) is 0. The average Bonchev–Trinajstić information content (AvgIpc) is 3.06. The monoisotopic (exact) mass is 417 g/mol. The number of anilines is 1. The first-order chi connectivity index (χ1) is 14.1. The molecule has 0 radical (unpaired) electrons. The van der Waals surface area contributed by atoms with Crippen LogP contribution in [-0.2, 0) is 11.0 Å². The number of nitrogens with one attached hydrogen (secondary N) is 1. The summed E-state index contributed by atoms with van der Waals surface area (Å²) in [5.74, 6) is -0.203. The largest absolute Gasteiger partial charge is 0.417 e. The molecule has 1 aromatic carbocycles. The lowest BCUT2D eigenvalue weighted by Gasteiger charge is -2.09. The number of rotatable bonds is 5. The van der Waals surface area contributed by atoms with Crippen molar-refractivity contribution in [1.82, 2.24) is 14.8 Å². The molecule has 0 bridgehead atoms. The predicted octanol–water partition coefficient (Wildman–Crippen LogP) is 4.15. The zero-order valence-electron chi connectivity index (χ0n) is 15.4. The van der Waals surface area contributed by atoms with Gasteiger partial charge in [0, 0.05) is 30.5 Å². The van der Waals surface area contributed by atoms with Crippen molar-refractivity contribution in [1.29, 1.82) is 0 Å². The van der Waals surface area contributed by atoms with E-state index in [1.165, 1.54) is 47.2 Å². The van der Waals surface area contributed by atoms with Crippen molar-refractivity contribution >= 4 is 23.5 Å². The number of hydrogen-bond acceptors (Lipinski definition) is 5. The maximum Gasteiger partial charge on any atom is 0.417 e. The molecular weight excluding hydrogens is 403 g/mol. The summed E-state index contributed by atoms with van der Waals surface area (Å²) < 4.78 is 39.3. The molecule has 30 heavy (non-hydrogen) atoms. The Labute approximate surface area is 167 Å². The van der Waals surface area contributed by atoms with Crippen molar-refractivity contribution in [2.45, 2.75) is 13.1 Å². The van der Waals surface area contributed by atoms with Crippen LogP contribution in [0.4, 0.5) is 24.7 Å². The van der Waals surface area contributed by atoms with Crippen molar-refractivity contribution < 1.29 is 22.9 Å². The molecule has 1 N–H and O–H groups in total. The minimum Gasteiger partial charge on any atom is -0.307 e. The number of hydrogen-bond donors (Lipinski definition) is 1. The first kappa shape index (κ1) is 20.7. The van der Waals surface area contributed by atoms with Crippen molar-refractivity contribution in [3.05, 3.63) is 81.7 Å². The van der Waals surface area contributed by atoms with Gasteiger partial charge in [0.15, 0.2) is 5.82 Å². The Hall–Kier alpha value is -4.02. The first-order valence-corrected chi connectivity index (χ1v) is 8.47. The molecular formula is C19H14F3N5O3. The van der Waals surface area contributed by atoms with Crippen molar-refractivity contribution in [2.24, 2.45) is 0 Å². The fourth-order valence-corrected chi connectivity index (χ4v) is 2.49. The molecule has 0 aliphatic rings. The van der Waals surface area contributed by atoms with Crippen LogP contribution in [0.1, 0.15) is 16.8 Å². The van der Waals surface area contributed by atoms with Gasteiger partial charge in [-0.05, 0) is 42.8 Å². The molecule has 0 saturated heterocycles. The number of amides is 1. The van der Waals surface area contributed by atoms with Gasteiger partial charge in [-0.1, -0.05) is 0 Å². The van der Waals surface area contributed by atoms with Crippen LogP contribution < -0.4 is 5.32 Å². The lowest BCUT2D eigenvalue weighted by Crippen LogP contribution is -2.13. The van der Waals surface area contributed by atoms with E-state index in [-0.39, 0.29) is 17.3 Å². The van der Waals surface area contributed by atoms with Crippen molar-refractivity contribution in [2.75, 3.05) is 5.32 Å². The third kappa shape index (κ3) is 4.87. The molecule has 2 aromatic heterocycles. The van der Waals surface area contributed by atoms with Gasteiger partial charge in [0.05, 0.1) is 16.2 Å². The molecule has 0 unspecified atom stereocenters. The van der Waals surface area contributed by atoms with Gasteiger partial charge in [-0.3, -0.25) is 14.9 Å². The number of aromatic nitrogens is 3. The molecule has 0 saturated carbocycles. The second kappa shape index (κ2) is 8.15. The van der Waals surface area contributed by atoms with Crippen LogP contribution in [0.15, 0.2) is 54.7 Å². The number of carbonyl (C=O) groups is 1. The quantitative estimate of drug-likeness (QED) is 0.382. The molecule has 1 amide bonds. The second-order valence-electron chi connectivity index (χ2n) is 6.16. The summed E-state index contributed by atoms with van der Waals surface area (Å²) in [6.45, 7) is 1.66. The lowest BCUT2D eigenvalue weighted by atomic mass is 10.2. The minimum absolute atomic E-state index is 0.0694. The number of alkyl halides is 3. The maximum atomic E-state index is 12.7. The number of halogens is 3. The van der Waals surface area contributed by atoms with E-state index in [0.29, 0.717) is 17.5 Å². The number of nitro groups is 1. The topological polar surface area (TPSA) is 103 Å². The molecule has 3 rings (SSSR count). The smallest absolute Gasteiger partial charge is 0.307 e. The van der Waals surface area contributed by atoms with Crippen LogP contribution in [0.3, 0.4) is 0 Å². The Kier molecular flexibility index (Phi) is 5.63. The number of nitro benzene ring substituents is 1. The molecule has 11 heteroatoms. The average molecular weight is 417 g/mol. The van der Waals surface area contributed by atoms with E-state index in [1.54, 1.807) is 6.92 Å². The summed E-state index contributed by atoms with van der Waals surface area (Å²) in [5.41, 5.74) is 0.128. The highest BCUT2D eigenvalue weighted by Crippen LogP contribution is 2.29. The highest BCUT2D eigenvalue weighted by Gasteiger charge is 2.30. The number of aryl methyl sites for hydroxylation is 1. The third-order valence-electron chi connectivity index (χ3n) is 3.91. The van der Waals surface area contributed by atoms with Gasteiger partial charge < -0.3 is 5.32 Å². The molecule has 0 aliphatic carbocycles. The van der Waals surface area contributed by atoms with E-state index in [4.69, 9.17) is 0 Å². The number of nitrogens with zero attached hydrogens (tertiary/aromatic N) is 4. The number of benzene rings is 1. The van der Waals surface area contributed by atoms with E-state index in [9.17, 15) is 28.1 Å². The van der Waals surface area contributed by atoms with Gasteiger partial charge in [0.1, 0.15) is 5.82 Å². The Balaban J connectivity index is 1.75. The SMILES string of the molecule is Cc1cc(NC(=O)/C=C/c2ccc([N+](=O)[O-])cc2)n(-c2ccc(C(F)(F)F)cn2)n1. The Bertz CT molecular complexity index is 1100. The van der Waals surface area contributed by atoms with Crippen LogP contribution in [0.25, 0.3) is 11.9 Å². The van der Waals surface area contributed by atoms with E-state index in [2.05, 4.69) is 15.4 Å². The number of non-ortho nitro benzene ring substituents is 1. The lowest BCUT2D eigenvalue weighted by molar-refractivity contribution is -0.384. The molecule has 0 aliphatic heterocycles. The van der Waals surface area contributed by atoms with Crippen LogP contribution in [0, 0.1) is 17.0 Å². The Morgan fingerprint density at radius 3 is 2.47 bits per heavy atom. The molecule has 0 atom stereocenters. The molecule has 8 nitrogen and oxygen atoms in total. The maximum absolute atomic E-state index is 12.7. The fraction of sp³-hybridized carbons (Fsp3) is 0.105. The molecule has 2 heterocycles. The molecule has 3 aromatic rings. The van der Waals surface area contributed by atoms with Crippen LogP contribution in [-0.4, -0.2) is 25.6 Å². The zero-order valence-corrected chi connectivity index (χ0v) is 15.4. The van der Waals surface area contributed by atoms with E-state index in [1.807, 2.05) is 0 Å². The van der Waals surface area contributed by atoms with Gasteiger partial charge in [0.25, 0.3) is 5.69 Å². The Morgan fingerprint density at radius 1 is 1.20 bits per heavy atom. The molecule has 154 valence electrons. The van der Waals surface area contributed by atoms with E-state index >= 15 is 0 Å². The van der Waals surface area contributed by atoms with Gasteiger partial charge in [-0.2, -0.15) is 23.0 Å². The molecule has 0 spiro atoms. The number of carbonyl (C=O) groups excluding carboxylic acids is 1. The van der Waals surface area contributed by atoms with Crippen molar-refractivity contribution in [3.8, 4) is 5.82 Å². The van der Waals surface area contributed by atoms with Crippen LogP contribution in [0.2, 0.25) is 0 Å². The summed E-state index contributed by atoms with van der Waals surface area (Å²) in [6.07, 6.45) is -1.14. The second-order valence-corrected chi connectivity index (χ2v) is 6.16. The third-order valence-corrected chi connectivity index (χ3v) is 3.91. The van der Waals surface area contributed by atoms with E-state index in [0.717, 1.165) is 12.1 Å². The van der Waals surface area contributed by atoms with Gasteiger partial charge >= 0.3 is 6.18 Å². The summed E-state index contributed by atoms with van der Waals surface area (Å²) >= 11 is 0. The molecule has 0 fully saturated rings. The van der Waals surface area contributed by atoms with Gasteiger partial charge in [0.2, 0.25) is 5.91 Å². The standard InChI is InChI=1S/C19H14F3N5O3/c1-12-10-17(26(25-12)16-8-5-14(11-23-16)19(20,21)22)24-18(28)9-4-13-2-6-15(7-3-13)27(29)30/h2-11H,1H3,(H,24,28)/b9-4+.